The number of hydrogen-bond acceptors (Lipinski definition) is 3. The first-order valence-corrected chi connectivity index (χ1v) is 14.6. The van der Waals surface area contributed by atoms with Gasteiger partial charge in [0.15, 0.2) is 0 Å². The van der Waals surface area contributed by atoms with Crippen molar-refractivity contribution >= 4 is 32.6 Å². The Bertz CT molecular complexity index is 1420. The minimum atomic E-state index is -3.78. The molecule has 1 fully saturated rings. The monoisotopic (exact) mass is 608 g/mol. The molecule has 5 rings (SSSR count). The van der Waals surface area contributed by atoms with Crippen LogP contribution >= 0.6 is 22.6 Å². The second-order valence-electron chi connectivity index (χ2n) is 9.38. The van der Waals surface area contributed by atoms with E-state index in [1.54, 1.807) is 16.4 Å². The summed E-state index contributed by atoms with van der Waals surface area (Å²) in [5, 5.41) is 0. The summed E-state index contributed by atoms with van der Waals surface area (Å²) >= 11 is 2.31. The SMILES string of the molecule is Cc1ccc(CC2N(Cc3ccc(I)cc3)C3=CC=CC=CC3N2S(=O)(=O)c2ccc(C)cc2)cc1. The average Bonchev–Trinajstić information content (AvgIpc) is 2.98. The number of benzene rings is 3. The topological polar surface area (TPSA) is 40.6 Å². The molecule has 6 heteroatoms. The normalized spacial score (nSPS) is 19.8. The van der Waals surface area contributed by atoms with Crippen LogP contribution in [0.15, 0.2) is 114 Å². The highest BCUT2D eigenvalue weighted by Crippen LogP contribution is 2.39. The second kappa shape index (κ2) is 10.4. The van der Waals surface area contributed by atoms with Crippen molar-refractivity contribution in [3.63, 3.8) is 0 Å². The van der Waals surface area contributed by atoms with Gasteiger partial charge < -0.3 is 4.90 Å². The summed E-state index contributed by atoms with van der Waals surface area (Å²) < 4.78 is 31.3. The van der Waals surface area contributed by atoms with Gasteiger partial charge in [-0.1, -0.05) is 84.0 Å². The molecule has 2 unspecified atom stereocenters. The summed E-state index contributed by atoms with van der Waals surface area (Å²) in [5.41, 5.74) is 5.47. The lowest BCUT2D eigenvalue weighted by Gasteiger charge is -2.32. The van der Waals surface area contributed by atoms with Crippen LogP contribution in [0.3, 0.4) is 0 Å². The third-order valence-electron chi connectivity index (χ3n) is 6.75. The molecule has 1 saturated heterocycles. The fraction of sp³-hybridized carbons (Fsp3) is 0.200. The van der Waals surface area contributed by atoms with E-state index in [1.165, 1.54) is 9.13 Å². The number of hydrogen-bond donors (Lipinski definition) is 0. The standard InChI is InChI=1S/C30H29IN2O2S/c1-22-8-12-24(13-9-22)20-30-32(21-25-14-16-26(31)17-15-25)28-6-4-3-5-7-29(28)33(30)36(34,35)27-18-10-23(2)11-19-27/h3-19,29-30H,20-21H2,1-2H3. The predicted molar refractivity (Wildman–Crippen MR) is 154 cm³/mol. The van der Waals surface area contributed by atoms with Crippen LogP contribution in [-0.2, 0) is 23.0 Å². The van der Waals surface area contributed by atoms with Crippen molar-refractivity contribution in [3.8, 4) is 0 Å². The summed E-state index contributed by atoms with van der Waals surface area (Å²) in [4.78, 5) is 2.58. The van der Waals surface area contributed by atoms with E-state index in [1.807, 2.05) is 43.4 Å². The van der Waals surface area contributed by atoms with Crippen LogP contribution < -0.4 is 0 Å². The van der Waals surface area contributed by atoms with Crippen LogP contribution in [0.4, 0.5) is 0 Å². The highest BCUT2D eigenvalue weighted by atomic mass is 127. The molecular formula is C30H29IN2O2S. The fourth-order valence-electron chi connectivity index (χ4n) is 4.82. The number of halogens is 1. The van der Waals surface area contributed by atoms with Crippen LogP contribution in [0.5, 0.6) is 0 Å². The Morgan fingerprint density at radius 3 is 2.06 bits per heavy atom. The van der Waals surface area contributed by atoms with E-state index in [2.05, 4.69) is 89.0 Å². The summed E-state index contributed by atoms with van der Waals surface area (Å²) in [6.45, 7) is 4.66. The smallest absolute Gasteiger partial charge is 0.245 e. The summed E-state index contributed by atoms with van der Waals surface area (Å²) in [7, 11) is -3.78. The Balaban J connectivity index is 1.63. The summed E-state index contributed by atoms with van der Waals surface area (Å²) in [5.74, 6) is 0. The van der Waals surface area contributed by atoms with Gasteiger partial charge in [0.25, 0.3) is 0 Å². The number of fused-ring (bicyclic) bond motifs is 1. The van der Waals surface area contributed by atoms with Crippen molar-refractivity contribution in [2.75, 3.05) is 0 Å². The zero-order chi connectivity index (χ0) is 25.3. The number of allylic oxidation sites excluding steroid dienone is 4. The Labute approximate surface area is 227 Å². The number of nitrogens with zero attached hydrogens (tertiary/aromatic N) is 2. The van der Waals surface area contributed by atoms with Crippen LogP contribution in [-0.4, -0.2) is 29.8 Å². The molecule has 3 aromatic carbocycles. The number of sulfonamides is 1. The predicted octanol–water partition coefficient (Wildman–Crippen LogP) is 6.36. The molecule has 1 heterocycles. The van der Waals surface area contributed by atoms with Crippen LogP contribution in [0.1, 0.15) is 22.3 Å². The zero-order valence-electron chi connectivity index (χ0n) is 20.4. The van der Waals surface area contributed by atoms with E-state index in [0.29, 0.717) is 17.9 Å². The van der Waals surface area contributed by atoms with Gasteiger partial charge in [0.2, 0.25) is 10.0 Å². The Morgan fingerprint density at radius 2 is 1.39 bits per heavy atom. The molecule has 0 N–H and O–H groups in total. The van der Waals surface area contributed by atoms with Gasteiger partial charge in [0.05, 0.1) is 10.9 Å². The van der Waals surface area contributed by atoms with Gasteiger partial charge in [-0.2, -0.15) is 4.31 Å². The lowest BCUT2D eigenvalue weighted by atomic mass is 10.1. The maximum Gasteiger partial charge on any atom is 0.245 e. The summed E-state index contributed by atoms with van der Waals surface area (Å²) in [6.07, 6.45) is 10.2. The number of rotatable bonds is 6. The molecule has 2 aliphatic rings. The zero-order valence-corrected chi connectivity index (χ0v) is 23.4. The van der Waals surface area contributed by atoms with Crippen molar-refractivity contribution in [1.82, 2.24) is 9.21 Å². The Morgan fingerprint density at radius 1 is 0.778 bits per heavy atom. The highest BCUT2D eigenvalue weighted by molar-refractivity contribution is 14.1. The van der Waals surface area contributed by atoms with E-state index in [4.69, 9.17) is 0 Å². The van der Waals surface area contributed by atoms with Gasteiger partial charge in [0, 0.05) is 22.2 Å². The van der Waals surface area contributed by atoms with E-state index in [0.717, 1.165) is 22.4 Å². The van der Waals surface area contributed by atoms with Crippen LogP contribution in [0.25, 0.3) is 0 Å². The molecule has 0 bridgehead atoms. The first-order chi connectivity index (χ1) is 17.3. The largest absolute Gasteiger partial charge is 0.352 e. The van der Waals surface area contributed by atoms with Gasteiger partial charge in [-0.15, -0.1) is 0 Å². The minimum absolute atomic E-state index is 0.322. The first kappa shape index (κ1) is 25.0. The number of aryl methyl sites for hydroxylation is 2. The fourth-order valence-corrected chi connectivity index (χ4v) is 6.89. The maximum absolute atomic E-state index is 14.2. The van der Waals surface area contributed by atoms with Crippen molar-refractivity contribution < 1.29 is 8.42 Å². The summed E-state index contributed by atoms with van der Waals surface area (Å²) in [6, 6.07) is 23.6. The molecule has 36 heavy (non-hydrogen) atoms. The van der Waals surface area contributed by atoms with E-state index in [-0.39, 0.29) is 12.2 Å². The Kier molecular flexibility index (Phi) is 7.19. The average molecular weight is 609 g/mol. The minimum Gasteiger partial charge on any atom is -0.352 e. The molecule has 1 aliphatic heterocycles. The molecule has 0 saturated carbocycles. The van der Waals surface area contributed by atoms with E-state index in [9.17, 15) is 8.42 Å². The van der Waals surface area contributed by atoms with Crippen molar-refractivity contribution in [1.29, 1.82) is 0 Å². The maximum atomic E-state index is 14.2. The molecule has 3 aromatic rings. The quantitative estimate of drug-likeness (QED) is 0.306. The molecule has 2 atom stereocenters. The van der Waals surface area contributed by atoms with Gasteiger partial charge in [-0.3, -0.25) is 0 Å². The third kappa shape index (κ3) is 5.08. The van der Waals surface area contributed by atoms with Crippen molar-refractivity contribution in [2.45, 2.75) is 43.9 Å². The molecular weight excluding hydrogens is 579 g/mol. The van der Waals surface area contributed by atoms with Crippen LogP contribution in [0, 0.1) is 17.4 Å². The lowest BCUT2D eigenvalue weighted by Crippen LogP contribution is -2.45. The van der Waals surface area contributed by atoms with Crippen LogP contribution in [0.2, 0.25) is 0 Å². The lowest BCUT2D eigenvalue weighted by molar-refractivity contribution is 0.199. The molecule has 1 aliphatic carbocycles. The van der Waals surface area contributed by atoms with E-state index < -0.39 is 10.0 Å². The van der Waals surface area contributed by atoms with Gasteiger partial charge >= 0.3 is 0 Å². The Hall–Kier alpha value is -2.68. The first-order valence-electron chi connectivity index (χ1n) is 12.0. The molecule has 0 spiro atoms. The molecule has 0 amide bonds. The molecule has 184 valence electrons. The van der Waals surface area contributed by atoms with Crippen molar-refractivity contribution in [3.05, 3.63) is 135 Å². The van der Waals surface area contributed by atoms with Gasteiger partial charge in [-0.05, 0) is 77.9 Å². The van der Waals surface area contributed by atoms with Gasteiger partial charge in [0.1, 0.15) is 6.17 Å². The molecule has 0 radical (unpaired) electrons. The van der Waals surface area contributed by atoms with Crippen molar-refractivity contribution in [2.24, 2.45) is 0 Å². The second-order valence-corrected chi connectivity index (χ2v) is 12.5. The van der Waals surface area contributed by atoms with E-state index >= 15 is 0 Å². The van der Waals surface area contributed by atoms with Gasteiger partial charge in [-0.25, -0.2) is 8.42 Å². The molecule has 0 aromatic heterocycles. The third-order valence-corrected chi connectivity index (χ3v) is 9.36. The molecule has 4 nitrogen and oxygen atoms in total. The highest BCUT2D eigenvalue weighted by Gasteiger charge is 2.48.